The van der Waals surface area contributed by atoms with E-state index >= 15 is 0 Å². The molecule has 1 aliphatic rings. The minimum atomic E-state index is 0.393. The Morgan fingerprint density at radius 1 is 1.64 bits per heavy atom. The molecule has 0 aromatic heterocycles. The van der Waals surface area contributed by atoms with Crippen molar-refractivity contribution in [3.8, 4) is 0 Å². The van der Waals surface area contributed by atoms with Gasteiger partial charge in [-0.25, -0.2) is 0 Å². The van der Waals surface area contributed by atoms with Gasteiger partial charge in [0.15, 0.2) is 0 Å². The van der Waals surface area contributed by atoms with E-state index in [0.29, 0.717) is 6.10 Å². The van der Waals surface area contributed by atoms with Crippen molar-refractivity contribution in [3.63, 3.8) is 0 Å². The summed E-state index contributed by atoms with van der Waals surface area (Å²) < 4.78 is 5.46. The Bertz CT molecular complexity index is 173. The molecule has 0 saturated heterocycles. The third-order valence-electron chi connectivity index (χ3n) is 2.52. The second-order valence-corrected chi connectivity index (χ2v) is 5.02. The van der Waals surface area contributed by atoms with Gasteiger partial charge < -0.3 is 10.1 Å². The van der Waals surface area contributed by atoms with Crippen LogP contribution in [0.2, 0.25) is 0 Å². The Morgan fingerprint density at radius 2 is 2.50 bits per heavy atom. The molecule has 3 heteroatoms. The maximum atomic E-state index is 5.46. The summed E-state index contributed by atoms with van der Waals surface area (Å²) in [6.07, 6.45) is 10.0. The van der Waals surface area contributed by atoms with Gasteiger partial charge in [0, 0.05) is 11.8 Å². The van der Waals surface area contributed by atoms with Crippen molar-refractivity contribution < 1.29 is 4.74 Å². The van der Waals surface area contributed by atoms with Crippen LogP contribution in [0.5, 0.6) is 0 Å². The van der Waals surface area contributed by atoms with Gasteiger partial charge in [-0.1, -0.05) is 6.92 Å². The highest BCUT2D eigenvalue weighted by atomic mass is 32.2. The van der Waals surface area contributed by atoms with Crippen molar-refractivity contribution in [2.45, 2.75) is 37.5 Å². The highest BCUT2D eigenvalue weighted by molar-refractivity contribution is 7.99. The fraction of sp³-hybridized carbons (Fsp3) is 0.818. The Morgan fingerprint density at radius 3 is 3.14 bits per heavy atom. The lowest BCUT2D eigenvalue weighted by Crippen LogP contribution is -2.30. The fourth-order valence-corrected chi connectivity index (χ4v) is 1.77. The summed E-state index contributed by atoms with van der Waals surface area (Å²) in [7, 11) is 0. The Hall–Kier alpha value is -0.150. The van der Waals surface area contributed by atoms with Gasteiger partial charge in [-0.2, -0.15) is 11.8 Å². The monoisotopic (exact) mass is 215 g/mol. The first-order valence-electron chi connectivity index (χ1n) is 5.37. The minimum Gasteiger partial charge on any atom is -0.497 e. The number of ether oxygens (including phenoxy) is 1. The summed E-state index contributed by atoms with van der Waals surface area (Å²) in [5, 5.41) is 4.21. The van der Waals surface area contributed by atoms with Crippen LogP contribution >= 0.6 is 11.8 Å². The van der Waals surface area contributed by atoms with Crippen LogP contribution in [-0.2, 0) is 4.74 Å². The molecule has 1 heterocycles. The Balaban J connectivity index is 1.95. The normalized spacial score (nSPS) is 23.1. The first-order chi connectivity index (χ1) is 6.83. The third kappa shape index (κ3) is 4.91. The fourth-order valence-electron chi connectivity index (χ4n) is 1.42. The molecule has 0 fully saturated rings. The van der Waals surface area contributed by atoms with Crippen LogP contribution in [0.15, 0.2) is 12.3 Å². The third-order valence-corrected chi connectivity index (χ3v) is 3.57. The molecule has 0 saturated carbocycles. The van der Waals surface area contributed by atoms with Crippen LogP contribution in [0, 0.1) is 0 Å². The van der Waals surface area contributed by atoms with Crippen molar-refractivity contribution in [2.75, 3.05) is 19.3 Å². The van der Waals surface area contributed by atoms with Crippen molar-refractivity contribution in [3.05, 3.63) is 12.3 Å². The van der Waals surface area contributed by atoms with Crippen molar-refractivity contribution in [1.82, 2.24) is 5.32 Å². The van der Waals surface area contributed by atoms with E-state index in [2.05, 4.69) is 24.6 Å². The molecule has 1 aliphatic heterocycles. The molecule has 1 rings (SSSR count). The number of allylic oxidation sites excluding steroid dienone is 1. The van der Waals surface area contributed by atoms with Crippen LogP contribution in [0.3, 0.4) is 0 Å². The van der Waals surface area contributed by atoms with E-state index in [1.54, 1.807) is 0 Å². The molecular weight excluding hydrogens is 194 g/mol. The molecule has 14 heavy (non-hydrogen) atoms. The number of rotatable bonds is 6. The molecule has 0 aromatic rings. The van der Waals surface area contributed by atoms with Gasteiger partial charge in [-0.15, -0.1) is 0 Å². The van der Waals surface area contributed by atoms with E-state index in [-0.39, 0.29) is 0 Å². The summed E-state index contributed by atoms with van der Waals surface area (Å²) in [6.45, 7) is 4.36. The van der Waals surface area contributed by atoms with Crippen LogP contribution in [-0.4, -0.2) is 30.7 Å². The number of nitrogens with one attached hydrogen (secondary N) is 1. The molecule has 0 aliphatic carbocycles. The van der Waals surface area contributed by atoms with E-state index < -0.39 is 0 Å². The predicted molar refractivity (Wildman–Crippen MR) is 63.7 cm³/mol. The molecular formula is C11H21NOS. The zero-order chi connectivity index (χ0) is 10.2. The van der Waals surface area contributed by atoms with Gasteiger partial charge in [-0.3, -0.25) is 0 Å². The van der Waals surface area contributed by atoms with Gasteiger partial charge in [0.1, 0.15) is 6.10 Å². The molecule has 82 valence electrons. The predicted octanol–water partition coefficient (Wildman–Crippen LogP) is 2.41. The van der Waals surface area contributed by atoms with E-state index in [4.69, 9.17) is 4.74 Å². The smallest absolute Gasteiger partial charge is 0.110 e. The molecule has 2 nitrogen and oxygen atoms in total. The lowest BCUT2D eigenvalue weighted by Gasteiger charge is -2.20. The topological polar surface area (TPSA) is 21.3 Å². The lowest BCUT2D eigenvalue weighted by atomic mass is 10.1. The molecule has 1 N–H and O–H groups in total. The maximum absolute atomic E-state index is 5.46. The Kier molecular flexibility index (Phi) is 6.12. The standard InChI is InChI=1S/C11H21NOS/c1-10(14-2)6-7-12-9-11-5-3-4-8-13-11/h4,8,10-12H,3,5-7,9H2,1-2H3. The van der Waals surface area contributed by atoms with E-state index in [1.807, 2.05) is 18.0 Å². The summed E-state index contributed by atoms with van der Waals surface area (Å²) in [5.74, 6) is 0. The van der Waals surface area contributed by atoms with Gasteiger partial charge in [0.25, 0.3) is 0 Å². The summed E-state index contributed by atoms with van der Waals surface area (Å²) >= 11 is 1.93. The number of hydrogen-bond donors (Lipinski definition) is 1. The van der Waals surface area contributed by atoms with E-state index in [9.17, 15) is 0 Å². The molecule has 0 spiro atoms. The van der Waals surface area contributed by atoms with Crippen molar-refractivity contribution in [1.29, 1.82) is 0 Å². The summed E-state index contributed by atoms with van der Waals surface area (Å²) in [5.41, 5.74) is 0. The number of thioether (sulfide) groups is 1. The summed E-state index contributed by atoms with van der Waals surface area (Å²) in [4.78, 5) is 0. The highest BCUT2D eigenvalue weighted by Crippen LogP contribution is 2.10. The van der Waals surface area contributed by atoms with Crippen LogP contribution < -0.4 is 5.32 Å². The van der Waals surface area contributed by atoms with Crippen molar-refractivity contribution in [2.24, 2.45) is 0 Å². The van der Waals surface area contributed by atoms with Crippen LogP contribution in [0.1, 0.15) is 26.2 Å². The first-order valence-corrected chi connectivity index (χ1v) is 6.65. The van der Waals surface area contributed by atoms with Gasteiger partial charge >= 0.3 is 0 Å². The minimum absolute atomic E-state index is 0.393. The lowest BCUT2D eigenvalue weighted by molar-refractivity contribution is 0.122. The van der Waals surface area contributed by atoms with Crippen LogP contribution in [0.25, 0.3) is 0 Å². The van der Waals surface area contributed by atoms with Crippen LogP contribution in [0.4, 0.5) is 0 Å². The quantitative estimate of drug-likeness (QED) is 0.688. The SMILES string of the molecule is CSC(C)CCNCC1CCC=CO1. The molecule has 0 aromatic carbocycles. The van der Waals surface area contributed by atoms with E-state index in [1.165, 1.54) is 6.42 Å². The van der Waals surface area contributed by atoms with Gasteiger partial charge in [0.2, 0.25) is 0 Å². The molecule has 2 atom stereocenters. The highest BCUT2D eigenvalue weighted by Gasteiger charge is 2.09. The summed E-state index contributed by atoms with van der Waals surface area (Å²) in [6, 6.07) is 0. The zero-order valence-corrected chi connectivity index (χ0v) is 9.98. The zero-order valence-electron chi connectivity index (χ0n) is 9.16. The van der Waals surface area contributed by atoms with Crippen molar-refractivity contribution >= 4 is 11.8 Å². The molecule has 2 unspecified atom stereocenters. The largest absolute Gasteiger partial charge is 0.497 e. The average Bonchev–Trinajstić information content (AvgIpc) is 2.25. The average molecular weight is 215 g/mol. The van der Waals surface area contributed by atoms with Gasteiger partial charge in [-0.05, 0) is 38.1 Å². The Labute approximate surface area is 91.5 Å². The molecule has 0 radical (unpaired) electrons. The maximum Gasteiger partial charge on any atom is 0.110 e. The second-order valence-electron chi connectivity index (χ2n) is 3.75. The van der Waals surface area contributed by atoms with E-state index in [0.717, 1.165) is 31.2 Å². The molecule has 0 amide bonds. The molecule has 0 bridgehead atoms. The first kappa shape index (κ1) is 11.9. The van der Waals surface area contributed by atoms with Gasteiger partial charge in [0.05, 0.1) is 6.26 Å². The second kappa shape index (κ2) is 7.18. The number of hydrogen-bond acceptors (Lipinski definition) is 3.